The van der Waals surface area contributed by atoms with Gasteiger partial charge in [-0.1, -0.05) is 12.1 Å². The quantitative estimate of drug-likeness (QED) is 0.733. The van der Waals surface area contributed by atoms with Gasteiger partial charge in [-0.05, 0) is 48.4 Å². The Labute approximate surface area is 127 Å². The van der Waals surface area contributed by atoms with Crippen LogP contribution in [0.15, 0.2) is 42.6 Å². The van der Waals surface area contributed by atoms with E-state index in [0.29, 0.717) is 23.4 Å². The van der Waals surface area contributed by atoms with Crippen LogP contribution in [0.2, 0.25) is 5.28 Å². The van der Waals surface area contributed by atoms with E-state index in [1.165, 1.54) is 0 Å². The average molecular weight is 303 g/mol. The molecule has 0 spiro atoms. The monoisotopic (exact) mass is 302 g/mol. The molecular weight excluding hydrogens is 288 g/mol. The molecule has 0 unspecified atom stereocenters. The number of fused-ring (bicyclic) bond motifs is 1. The van der Waals surface area contributed by atoms with Crippen molar-refractivity contribution in [3.63, 3.8) is 0 Å². The molecular formula is C16H15ClN2O2. The van der Waals surface area contributed by atoms with Gasteiger partial charge in [0, 0.05) is 6.20 Å². The minimum absolute atomic E-state index is 0.333. The Morgan fingerprint density at radius 3 is 2.71 bits per heavy atom. The molecule has 0 saturated heterocycles. The smallest absolute Gasteiger partial charge is 0.207 e. The third kappa shape index (κ3) is 2.67. The van der Waals surface area contributed by atoms with Crippen LogP contribution in [0.1, 0.15) is 11.3 Å². The van der Waals surface area contributed by atoms with Gasteiger partial charge in [0.15, 0.2) is 11.5 Å². The van der Waals surface area contributed by atoms with Crippen molar-refractivity contribution in [1.29, 1.82) is 0 Å². The first kappa shape index (κ1) is 13.8. The van der Waals surface area contributed by atoms with E-state index in [1.54, 1.807) is 7.11 Å². The highest BCUT2D eigenvalue weighted by atomic mass is 35.5. The number of para-hydroxylation sites is 2. The molecule has 0 atom stereocenters. The fourth-order valence-corrected chi connectivity index (χ4v) is 2.45. The highest BCUT2D eigenvalue weighted by Gasteiger charge is 2.11. The number of benzene rings is 1. The molecule has 1 aromatic carbocycles. The Kier molecular flexibility index (Phi) is 3.71. The zero-order chi connectivity index (χ0) is 14.8. The van der Waals surface area contributed by atoms with E-state index in [4.69, 9.17) is 21.1 Å². The van der Waals surface area contributed by atoms with Crippen molar-refractivity contribution >= 4 is 17.1 Å². The summed E-state index contributed by atoms with van der Waals surface area (Å²) in [6.07, 6.45) is 1.91. The molecule has 21 heavy (non-hydrogen) atoms. The number of aromatic nitrogens is 2. The molecule has 0 amide bonds. The standard InChI is InChI=1S/C16H15ClN2O2/c1-11-7-8-19-13(9-11)12(18-16(19)17)10-21-15-6-4-3-5-14(15)20-2/h3-9H,10H2,1-2H3. The summed E-state index contributed by atoms with van der Waals surface area (Å²) in [5, 5.41) is 0.434. The van der Waals surface area contributed by atoms with Gasteiger partial charge >= 0.3 is 0 Å². The third-order valence-corrected chi connectivity index (χ3v) is 3.53. The van der Waals surface area contributed by atoms with Crippen molar-refractivity contribution in [2.75, 3.05) is 7.11 Å². The van der Waals surface area contributed by atoms with E-state index in [1.807, 2.05) is 53.9 Å². The van der Waals surface area contributed by atoms with Crippen molar-refractivity contribution < 1.29 is 9.47 Å². The number of halogens is 1. The molecule has 3 rings (SSSR count). The maximum absolute atomic E-state index is 6.14. The van der Waals surface area contributed by atoms with Crippen LogP contribution in [-0.2, 0) is 6.61 Å². The third-order valence-electron chi connectivity index (χ3n) is 3.27. The molecule has 0 saturated carbocycles. The van der Waals surface area contributed by atoms with Gasteiger partial charge in [-0.25, -0.2) is 4.98 Å². The molecule has 0 aliphatic carbocycles. The van der Waals surface area contributed by atoms with Gasteiger partial charge in [0.25, 0.3) is 0 Å². The van der Waals surface area contributed by atoms with Crippen molar-refractivity contribution in [2.45, 2.75) is 13.5 Å². The first-order chi connectivity index (χ1) is 10.2. The maximum atomic E-state index is 6.14. The van der Waals surface area contributed by atoms with Crippen LogP contribution >= 0.6 is 11.6 Å². The van der Waals surface area contributed by atoms with Crippen LogP contribution in [0.4, 0.5) is 0 Å². The molecule has 0 aliphatic heterocycles. The first-order valence-corrected chi connectivity index (χ1v) is 6.96. The second-order valence-electron chi connectivity index (χ2n) is 4.73. The van der Waals surface area contributed by atoms with Crippen LogP contribution in [0.5, 0.6) is 11.5 Å². The number of ether oxygens (including phenoxy) is 2. The second kappa shape index (κ2) is 5.66. The lowest BCUT2D eigenvalue weighted by Crippen LogP contribution is -1.98. The lowest BCUT2D eigenvalue weighted by molar-refractivity contribution is 0.282. The summed E-state index contributed by atoms with van der Waals surface area (Å²) in [6.45, 7) is 2.37. The summed E-state index contributed by atoms with van der Waals surface area (Å²) in [5.74, 6) is 1.38. The number of aryl methyl sites for hydroxylation is 1. The predicted molar refractivity (Wildman–Crippen MR) is 82.3 cm³/mol. The Bertz CT molecular complexity index is 783. The topological polar surface area (TPSA) is 35.8 Å². The number of nitrogens with zero attached hydrogens (tertiary/aromatic N) is 2. The zero-order valence-corrected chi connectivity index (χ0v) is 12.6. The van der Waals surface area contributed by atoms with E-state index in [0.717, 1.165) is 16.8 Å². The Hall–Kier alpha value is -2.20. The highest BCUT2D eigenvalue weighted by molar-refractivity contribution is 6.28. The van der Waals surface area contributed by atoms with Gasteiger partial charge in [0.1, 0.15) is 12.3 Å². The lowest BCUT2D eigenvalue weighted by Gasteiger charge is -2.09. The van der Waals surface area contributed by atoms with E-state index in [9.17, 15) is 0 Å². The minimum atomic E-state index is 0.333. The summed E-state index contributed by atoms with van der Waals surface area (Å²) >= 11 is 6.14. The van der Waals surface area contributed by atoms with Crippen LogP contribution in [0.3, 0.4) is 0 Å². The molecule has 0 bridgehead atoms. The summed E-state index contributed by atoms with van der Waals surface area (Å²) in [5.41, 5.74) is 2.90. The summed E-state index contributed by atoms with van der Waals surface area (Å²) in [6, 6.07) is 11.6. The van der Waals surface area contributed by atoms with Gasteiger partial charge in [0.05, 0.1) is 12.6 Å². The molecule has 0 aliphatic rings. The number of methoxy groups -OCH3 is 1. The van der Waals surface area contributed by atoms with Crippen molar-refractivity contribution in [2.24, 2.45) is 0 Å². The van der Waals surface area contributed by atoms with Crippen LogP contribution in [0, 0.1) is 6.92 Å². The Morgan fingerprint density at radius 1 is 1.19 bits per heavy atom. The molecule has 4 nitrogen and oxygen atoms in total. The molecule has 2 aromatic heterocycles. The van der Waals surface area contributed by atoms with Crippen molar-refractivity contribution in [3.05, 3.63) is 59.1 Å². The van der Waals surface area contributed by atoms with Crippen LogP contribution in [-0.4, -0.2) is 16.5 Å². The highest BCUT2D eigenvalue weighted by Crippen LogP contribution is 2.27. The van der Waals surface area contributed by atoms with Crippen molar-refractivity contribution in [3.8, 4) is 11.5 Å². The molecule has 0 fully saturated rings. The van der Waals surface area contributed by atoms with Crippen molar-refractivity contribution in [1.82, 2.24) is 9.38 Å². The van der Waals surface area contributed by atoms with E-state index in [2.05, 4.69) is 4.98 Å². The molecule has 5 heteroatoms. The van der Waals surface area contributed by atoms with Crippen LogP contribution in [0.25, 0.3) is 5.52 Å². The zero-order valence-electron chi connectivity index (χ0n) is 11.8. The SMILES string of the molecule is COc1ccccc1OCc1nc(Cl)n2ccc(C)cc12. The van der Waals surface area contributed by atoms with Gasteiger partial charge < -0.3 is 9.47 Å². The summed E-state index contributed by atoms with van der Waals surface area (Å²) in [4.78, 5) is 4.36. The molecule has 0 N–H and O–H groups in total. The number of hydrogen-bond acceptors (Lipinski definition) is 3. The fraction of sp³-hybridized carbons (Fsp3) is 0.188. The first-order valence-electron chi connectivity index (χ1n) is 6.58. The van der Waals surface area contributed by atoms with E-state index >= 15 is 0 Å². The fourth-order valence-electron chi connectivity index (χ4n) is 2.20. The normalized spacial score (nSPS) is 10.8. The molecule has 0 radical (unpaired) electrons. The predicted octanol–water partition coefficient (Wildman–Crippen LogP) is 3.88. The van der Waals surface area contributed by atoms with Gasteiger partial charge in [-0.3, -0.25) is 4.40 Å². The second-order valence-corrected chi connectivity index (χ2v) is 5.06. The Morgan fingerprint density at radius 2 is 1.95 bits per heavy atom. The Balaban J connectivity index is 1.90. The van der Waals surface area contributed by atoms with E-state index in [-0.39, 0.29) is 0 Å². The number of imidazole rings is 1. The van der Waals surface area contributed by atoms with E-state index < -0.39 is 0 Å². The summed E-state index contributed by atoms with van der Waals surface area (Å²) < 4.78 is 12.9. The number of rotatable bonds is 4. The average Bonchev–Trinajstić information content (AvgIpc) is 2.81. The minimum Gasteiger partial charge on any atom is -0.493 e. The maximum Gasteiger partial charge on any atom is 0.207 e. The largest absolute Gasteiger partial charge is 0.493 e. The molecule has 2 heterocycles. The van der Waals surface area contributed by atoms with Gasteiger partial charge in [-0.15, -0.1) is 0 Å². The van der Waals surface area contributed by atoms with Gasteiger partial charge in [0.2, 0.25) is 5.28 Å². The van der Waals surface area contributed by atoms with Gasteiger partial charge in [-0.2, -0.15) is 0 Å². The lowest BCUT2D eigenvalue weighted by atomic mass is 10.2. The summed E-state index contributed by atoms with van der Waals surface area (Å²) in [7, 11) is 1.62. The number of hydrogen-bond donors (Lipinski definition) is 0. The van der Waals surface area contributed by atoms with Crippen LogP contribution < -0.4 is 9.47 Å². The molecule has 3 aromatic rings. The molecule has 108 valence electrons. The number of pyridine rings is 1.